The van der Waals surface area contributed by atoms with Gasteiger partial charge in [0, 0.05) is 28.2 Å². The van der Waals surface area contributed by atoms with Crippen molar-refractivity contribution in [2.24, 2.45) is 10.2 Å². The number of phenols is 2. The number of rotatable bonds is 7. The smallest absolute Gasteiger partial charge is 0.323 e. The predicted octanol–water partition coefficient (Wildman–Crippen LogP) is 6.36. The van der Waals surface area contributed by atoms with Gasteiger partial charge in [0.2, 0.25) is 0 Å². The summed E-state index contributed by atoms with van der Waals surface area (Å²) in [5, 5.41) is 35.6. The largest absolute Gasteiger partial charge is 0.507 e. The highest BCUT2D eigenvalue weighted by Gasteiger charge is 2.23. The molecule has 2 amide bonds. The Bertz CT molecular complexity index is 2790. The maximum absolute atomic E-state index is 12.8. The van der Waals surface area contributed by atoms with E-state index in [1.807, 2.05) is 0 Å². The topological polar surface area (TPSA) is 269 Å². The molecule has 0 saturated heterocycles. The summed E-state index contributed by atoms with van der Waals surface area (Å²) < 4.78 is 99.2. The molecule has 0 unspecified atom stereocenters. The molecule has 0 aromatic heterocycles. The van der Waals surface area contributed by atoms with Gasteiger partial charge in [0.25, 0.3) is 30.4 Å². The van der Waals surface area contributed by atoms with Gasteiger partial charge < -0.3 is 20.8 Å². The Morgan fingerprint density at radius 2 is 1.10 bits per heavy atom. The Morgan fingerprint density at radius 3 is 1.72 bits per heavy atom. The summed E-state index contributed by atoms with van der Waals surface area (Å²) >= 11 is 0. The van der Waals surface area contributed by atoms with Gasteiger partial charge in [0.15, 0.2) is 5.75 Å². The van der Waals surface area contributed by atoms with E-state index in [4.69, 9.17) is 0 Å². The van der Waals surface area contributed by atoms with E-state index in [1.165, 1.54) is 72.8 Å². The first-order chi connectivity index (χ1) is 23.4. The number of hydrogen-bond donors (Lipinski definition) is 7. The average molecular weight is 739 g/mol. The van der Waals surface area contributed by atoms with Crippen LogP contribution < -0.4 is 10.6 Å². The van der Waals surface area contributed by atoms with E-state index in [0.717, 1.165) is 18.2 Å². The van der Waals surface area contributed by atoms with Crippen LogP contribution in [0.5, 0.6) is 11.5 Å². The molecule has 0 spiro atoms. The fourth-order valence-corrected chi connectivity index (χ4v) is 6.82. The Hall–Kier alpha value is -5.70. The first-order valence-electron chi connectivity index (χ1n) is 13.9. The third kappa shape index (κ3) is 7.03. The van der Waals surface area contributed by atoms with Gasteiger partial charge in [0.05, 0.1) is 15.5 Å². The fraction of sp³-hybridized carbons (Fsp3) is 0. The average Bonchev–Trinajstić information content (AvgIpc) is 3.02. The van der Waals surface area contributed by atoms with Gasteiger partial charge in [-0.1, -0.05) is 12.1 Å². The summed E-state index contributed by atoms with van der Waals surface area (Å²) in [6.07, 6.45) is 0. The maximum atomic E-state index is 12.8. The Balaban J connectivity index is 1.28. The van der Waals surface area contributed by atoms with Crippen LogP contribution in [0, 0.1) is 0 Å². The number of phenolic OH excluding ortho intramolecular Hbond substituents is 2. The number of azo groups is 1. The Kier molecular flexibility index (Phi) is 8.42. The molecule has 50 heavy (non-hydrogen) atoms. The van der Waals surface area contributed by atoms with Crippen molar-refractivity contribution >= 4 is 91.5 Å². The van der Waals surface area contributed by atoms with E-state index < -0.39 is 63.4 Å². The molecule has 7 N–H and O–H groups in total. The third-order valence-corrected chi connectivity index (χ3v) is 9.95. The van der Waals surface area contributed by atoms with Crippen molar-refractivity contribution in [3.63, 3.8) is 0 Å². The zero-order valence-corrected chi connectivity index (χ0v) is 27.3. The van der Waals surface area contributed by atoms with E-state index in [1.54, 1.807) is 0 Å². The number of carbonyl (C=O) groups is 1. The lowest BCUT2D eigenvalue weighted by Crippen LogP contribution is -2.19. The first-order valence-corrected chi connectivity index (χ1v) is 18.2. The highest BCUT2D eigenvalue weighted by molar-refractivity contribution is 7.86. The van der Waals surface area contributed by atoms with Gasteiger partial charge in [-0.15, -0.1) is 5.11 Å². The summed E-state index contributed by atoms with van der Waals surface area (Å²) in [5.41, 5.74) is -0.103. The molecule has 0 radical (unpaired) electrons. The monoisotopic (exact) mass is 738 g/mol. The lowest BCUT2D eigenvalue weighted by molar-refractivity contribution is 0.262. The summed E-state index contributed by atoms with van der Waals surface area (Å²) in [4.78, 5) is 11.1. The lowest BCUT2D eigenvalue weighted by Gasteiger charge is -2.12. The molecule has 256 valence electrons. The molecule has 6 rings (SSSR count). The van der Waals surface area contributed by atoms with Crippen LogP contribution in [0.3, 0.4) is 0 Å². The fourth-order valence-electron chi connectivity index (χ4n) is 5.11. The molecule has 0 aliphatic heterocycles. The molecule has 6 aromatic rings. The number of urea groups is 1. The molecule has 19 heteroatoms. The van der Waals surface area contributed by atoms with Crippen molar-refractivity contribution in [3.05, 3.63) is 91.0 Å². The third-order valence-electron chi connectivity index (χ3n) is 7.41. The molecule has 0 atom stereocenters. The van der Waals surface area contributed by atoms with Crippen LogP contribution in [-0.2, 0) is 30.4 Å². The number of nitrogens with one attached hydrogen (secondary N) is 2. The van der Waals surface area contributed by atoms with Crippen molar-refractivity contribution in [1.29, 1.82) is 0 Å². The second-order valence-electron chi connectivity index (χ2n) is 10.8. The van der Waals surface area contributed by atoms with Crippen LogP contribution in [-0.4, -0.2) is 55.2 Å². The van der Waals surface area contributed by atoms with Gasteiger partial charge in [-0.2, -0.15) is 30.4 Å². The van der Waals surface area contributed by atoms with Crippen molar-refractivity contribution in [2.75, 3.05) is 10.6 Å². The summed E-state index contributed by atoms with van der Waals surface area (Å²) in [6.45, 7) is 0. The minimum absolute atomic E-state index is 0.0751. The van der Waals surface area contributed by atoms with E-state index in [-0.39, 0.29) is 43.5 Å². The van der Waals surface area contributed by atoms with Crippen LogP contribution in [0.25, 0.3) is 32.3 Å². The zero-order chi connectivity index (χ0) is 36.2. The first kappa shape index (κ1) is 34.2. The molecular formula is C31H22N4O12S3. The molecule has 16 nitrogen and oxygen atoms in total. The van der Waals surface area contributed by atoms with Crippen molar-refractivity contribution < 1.29 is 53.9 Å². The standard InChI is InChI=1S/C31H22N4O12S3/c36-27-15-24(49(42,43)44)13-18-10-20(4-7-25(18)27)32-31(38)33-21-5-8-26-19(11-21)14-28(50(45,46)47)29(30(26)37)35-34-22-3-1-17-12-23(48(39,40)41)6-2-16(17)9-22/h1-15,36-37H,(H2,32,33,38)(H,39,40,41)(H,42,43,44)(H,45,46,47). The second-order valence-corrected chi connectivity index (χ2v) is 15.0. The maximum Gasteiger partial charge on any atom is 0.323 e. The highest BCUT2D eigenvalue weighted by atomic mass is 32.2. The minimum Gasteiger partial charge on any atom is -0.507 e. The van der Waals surface area contributed by atoms with Crippen LogP contribution in [0.4, 0.5) is 27.5 Å². The van der Waals surface area contributed by atoms with Crippen LogP contribution >= 0.6 is 0 Å². The zero-order valence-electron chi connectivity index (χ0n) is 24.9. The van der Waals surface area contributed by atoms with E-state index in [0.29, 0.717) is 10.8 Å². The number of nitrogens with zero attached hydrogens (tertiary/aromatic N) is 2. The van der Waals surface area contributed by atoms with Gasteiger partial charge in [-0.05, 0) is 94.3 Å². The number of hydrogen-bond acceptors (Lipinski definition) is 11. The number of carbonyl (C=O) groups excluding carboxylic acids is 1. The van der Waals surface area contributed by atoms with E-state index in [2.05, 4.69) is 20.9 Å². The predicted molar refractivity (Wildman–Crippen MR) is 181 cm³/mol. The quantitative estimate of drug-likeness (QED) is 0.0697. The normalized spacial score (nSPS) is 12.5. The Labute approximate surface area is 282 Å². The van der Waals surface area contributed by atoms with Gasteiger partial charge in [-0.3, -0.25) is 13.7 Å². The molecule has 0 bridgehead atoms. The van der Waals surface area contributed by atoms with Crippen molar-refractivity contribution in [1.82, 2.24) is 0 Å². The summed E-state index contributed by atoms with van der Waals surface area (Å²) in [6, 6.07) is 18.7. The van der Waals surface area contributed by atoms with Gasteiger partial charge in [-0.25, -0.2) is 4.79 Å². The number of aromatic hydroxyl groups is 2. The second kappa shape index (κ2) is 12.3. The van der Waals surface area contributed by atoms with Gasteiger partial charge >= 0.3 is 6.03 Å². The van der Waals surface area contributed by atoms with Crippen molar-refractivity contribution in [2.45, 2.75) is 14.7 Å². The molecule has 0 aliphatic rings. The molecule has 0 fully saturated rings. The number of anilines is 2. The van der Waals surface area contributed by atoms with Crippen LogP contribution in [0.2, 0.25) is 0 Å². The lowest BCUT2D eigenvalue weighted by atomic mass is 10.1. The van der Waals surface area contributed by atoms with Crippen molar-refractivity contribution in [3.8, 4) is 11.5 Å². The number of amides is 2. The molecule has 0 saturated carbocycles. The molecule has 0 heterocycles. The SMILES string of the molecule is O=C(Nc1ccc2c(O)cc(S(=O)(=O)O)cc2c1)Nc1ccc2c(O)c(N=Nc3ccc4cc(S(=O)(=O)O)ccc4c3)c(S(=O)(=O)O)cc2c1. The summed E-state index contributed by atoms with van der Waals surface area (Å²) in [7, 11) is -14.0. The van der Waals surface area contributed by atoms with E-state index >= 15 is 0 Å². The van der Waals surface area contributed by atoms with Crippen LogP contribution in [0.15, 0.2) is 116 Å². The highest BCUT2D eigenvalue weighted by Crippen LogP contribution is 2.42. The number of benzene rings is 6. The molecule has 6 aromatic carbocycles. The minimum atomic E-state index is -4.98. The number of fused-ring (bicyclic) bond motifs is 3. The molecule has 0 aliphatic carbocycles. The Morgan fingerprint density at radius 1 is 0.540 bits per heavy atom. The van der Waals surface area contributed by atoms with Crippen LogP contribution in [0.1, 0.15) is 0 Å². The van der Waals surface area contributed by atoms with Gasteiger partial charge in [0.1, 0.15) is 16.3 Å². The molecular weight excluding hydrogens is 717 g/mol. The summed E-state index contributed by atoms with van der Waals surface area (Å²) in [5.74, 6) is -1.07. The van der Waals surface area contributed by atoms with E-state index in [9.17, 15) is 53.9 Å².